The molecule has 0 bridgehead atoms. The van der Waals surface area contributed by atoms with Gasteiger partial charge in [0.2, 0.25) is 0 Å². The number of nitrogens with zero attached hydrogens (tertiary/aromatic N) is 3. The smallest absolute Gasteiger partial charge is 0.332 e. The molecular formula is C20H22N4O3. The Morgan fingerprint density at radius 1 is 1.04 bits per heavy atom. The number of carbonyl (C=O) groups is 1. The van der Waals surface area contributed by atoms with E-state index in [9.17, 15) is 14.4 Å². The van der Waals surface area contributed by atoms with Crippen molar-refractivity contribution in [3.63, 3.8) is 0 Å². The number of hydrogen-bond acceptors (Lipinski definition) is 5. The lowest BCUT2D eigenvalue weighted by Crippen LogP contribution is -2.45. The molecule has 1 unspecified atom stereocenters. The van der Waals surface area contributed by atoms with Gasteiger partial charge in [0.25, 0.3) is 5.56 Å². The molecule has 140 valence electrons. The molecule has 0 radical (unpaired) electrons. The van der Waals surface area contributed by atoms with Crippen molar-refractivity contribution in [3.8, 4) is 0 Å². The number of carbonyl (C=O) groups excluding carboxylic acids is 1. The monoisotopic (exact) mass is 366 g/mol. The summed E-state index contributed by atoms with van der Waals surface area (Å²) in [6.45, 7) is 1.71. The fourth-order valence-electron chi connectivity index (χ4n) is 3.10. The maximum absolute atomic E-state index is 13.0. The van der Waals surface area contributed by atoms with Gasteiger partial charge in [0.15, 0.2) is 5.78 Å². The summed E-state index contributed by atoms with van der Waals surface area (Å²) in [6, 6.07) is 13.2. The van der Waals surface area contributed by atoms with Crippen LogP contribution in [0.4, 0.5) is 11.5 Å². The second kappa shape index (κ2) is 6.75. The number of rotatable bonds is 4. The Bertz CT molecular complexity index is 1160. The van der Waals surface area contributed by atoms with Gasteiger partial charge in [-0.3, -0.25) is 18.7 Å². The van der Waals surface area contributed by atoms with Crippen LogP contribution in [-0.2, 0) is 14.1 Å². The quantitative estimate of drug-likeness (QED) is 0.707. The van der Waals surface area contributed by atoms with Gasteiger partial charge in [-0.05, 0) is 29.8 Å². The third-order valence-electron chi connectivity index (χ3n) is 5.06. The standard InChI is InChI=1S/C20H22N4O3/c1-12(17(25)16-18(21)23(3)20(27)24(4)19(16)26)22(2)15-10-9-13-7-5-6-8-14(13)11-15/h5-12H,21H2,1-4H3. The Kier molecular flexibility index (Phi) is 4.61. The van der Waals surface area contributed by atoms with E-state index >= 15 is 0 Å². The van der Waals surface area contributed by atoms with Crippen LogP contribution < -0.4 is 21.9 Å². The largest absolute Gasteiger partial charge is 0.384 e. The van der Waals surface area contributed by atoms with E-state index in [1.807, 2.05) is 42.5 Å². The number of fused-ring (bicyclic) bond motifs is 1. The molecule has 27 heavy (non-hydrogen) atoms. The van der Waals surface area contributed by atoms with Crippen LogP contribution in [0.2, 0.25) is 0 Å². The van der Waals surface area contributed by atoms with Crippen molar-refractivity contribution in [2.24, 2.45) is 14.1 Å². The second-order valence-electron chi connectivity index (χ2n) is 6.65. The molecule has 0 spiro atoms. The predicted octanol–water partition coefficient (Wildman–Crippen LogP) is 1.53. The first-order valence-electron chi connectivity index (χ1n) is 8.55. The van der Waals surface area contributed by atoms with Crippen molar-refractivity contribution < 1.29 is 4.79 Å². The molecule has 3 aromatic rings. The SMILES string of the molecule is CC(C(=O)c1c(N)n(C)c(=O)n(C)c1=O)N(C)c1ccc2ccccc2c1. The summed E-state index contributed by atoms with van der Waals surface area (Å²) < 4.78 is 2.00. The summed E-state index contributed by atoms with van der Waals surface area (Å²) in [7, 11) is 4.56. The zero-order chi connectivity index (χ0) is 19.9. The van der Waals surface area contributed by atoms with Crippen molar-refractivity contribution in [1.82, 2.24) is 9.13 Å². The summed E-state index contributed by atoms with van der Waals surface area (Å²) in [4.78, 5) is 39.3. The first-order chi connectivity index (χ1) is 12.7. The van der Waals surface area contributed by atoms with Gasteiger partial charge in [-0.25, -0.2) is 4.79 Å². The van der Waals surface area contributed by atoms with Gasteiger partial charge in [0.1, 0.15) is 11.4 Å². The molecule has 0 fully saturated rings. The van der Waals surface area contributed by atoms with Gasteiger partial charge in [0.05, 0.1) is 6.04 Å². The topological polar surface area (TPSA) is 90.3 Å². The van der Waals surface area contributed by atoms with Crippen molar-refractivity contribution >= 4 is 28.1 Å². The van der Waals surface area contributed by atoms with Crippen LogP contribution in [0.5, 0.6) is 0 Å². The van der Waals surface area contributed by atoms with E-state index in [-0.39, 0.29) is 11.4 Å². The minimum atomic E-state index is -0.681. The van der Waals surface area contributed by atoms with Crippen LogP contribution in [-0.4, -0.2) is 28.0 Å². The summed E-state index contributed by atoms with van der Waals surface area (Å²) in [5.74, 6) is -0.550. The van der Waals surface area contributed by atoms with E-state index in [1.165, 1.54) is 14.1 Å². The first-order valence-corrected chi connectivity index (χ1v) is 8.55. The number of ketones is 1. The number of benzene rings is 2. The fraction of sp³-hybridized carbons (Fsp3) is 0.250. The predicted molar refractivity (Wildman–Crippen MR) is 107 cm³/mol. The highest BCUT2D eigenvalue weighted by Gasteiger charge is 2.27. The number of likely N-dealkylation sites (N-methyl/N-ethyl adjacent to an activating group) is 1. The molecule has 7 heteroatoms. The molecule has 0 aliphatic rings. The Hall–Kier alpha value is -3.35. The zero-order valence-corrected chi connectivity index (χ0v) is 15.8. The van der Waals surface area contributed by atoms with E-state index in [0.717, 1.165) is 25.6 Å². The highest BCUT2D eigenvalue weighted by atomic mass is 16.2. The van der Waals surface area contributed by atoms with Gasteiger partial charge in [-0.1, -0.05) is 30.3 Å². The summed E-state index contributed by atoms with van der Waals surface area (Å²) >= 11 is 0. The lowest BCUT2D eigenvalue weighted by molar-refractivity contribution is 0.0964. The number of nitrogen functional groups attached to an aromatic ring is 1. The average Bonchev–Trinajstić information content (AvgIpc) is 2.69. The van der Waals surface area contributed by atoms with Gasteiger partial charge in [-0.15, -0.1) is 0 Å². The lowest BCUT2D eigenvalue weighted by atomic mass is 10.0. The van der Waals surface area contributed by atoms with E-state index in [2.05, 4.69) is 0 Å². The molecule has 0 aliphatic carbocycles. The maximum Gasteiger partial charge on any atom is 0.332 e. The van der Waals surface area contributed by atoms with Crippen LogP contribution in [0.15, 0.2) is 52.1 Å². The summed E-state index contributed by atoms with van der Waals surface area (Å²) in [5.41, 5.74) is 5.34. The van der Waals surface area contributed by atoms with Gasteiger partial charge in [-0.2, -0.15) is 0 Å². The number of nitrogens with two attached hydrogens (primary N) is 1. The molecule has 0 aliphatic heterocycles. The molecular weight excluding hydrogens is 344 g/mol. The summed E-state index contributed by atoms with van der Waals surface area (Å²) in [5, 5.41) is 2.16. The molecule has 2 N–H and O–H groups in total. The third-order valence-corrected chi connectivity index (χ3v) is 5.06. The van der Waals surface area contributed by atoms with Crippen molar-refractivity contribution in [2.45, 2.75) is 13.0 Å². The molecule has 1 aromatic heterocycles. The second-order valence-corrected chi connectivity index (χ2v) is 6.65. The highest BCUT2D eigenvalue weighted by Crippen LogP contribution is 2.23. The average molecular weight is 366 g/mol. The zero-order valence-electron chi connectivity index (χ0n) is 15.8. The molecule has 7 nitrogen and oxygen atoms in total. The van der Waals surface area contributed by atoms with Crippen LogP contribution >= 0.6 is 0 Å². The van der Waals surface area contributed by atoms with Crippen molar-refractivity contribution in [3.05, 3.63) is 68.9 Å². The van der Waals surface area contributed by atoms with Crippen molar-refractivity contribution in [1.29, 1.82) is 0 Å². The minimum Gasteiger partial charge on any atom is -0.384 e. The van der Waals surface area contributed by atoms with Gasteiger partial charge < -0.3 is 10.6 Å². The van der Waals surface area contributed by atoms with Crippen LogP contribution in [0.3, 0.4) is 0 Å². The number of hydrogen-bond donors (Lipinski definition) is 1. The van der Waals surface area contributed by atoms with E-state index in [1.54, 1.807) is 18.9 Å². The normalized spacial score (nSPS) is 12.1. The van der Waals surface area contributed by atoms with Crippen molar-refractivity contribution in [2.75, 3.05) is 17.7 Å². The molecule has 1 atom stereocenters. The number of anilines is 2. The Morgan fingerprint density at radius 3 is 2.33 bits per heavy atom. The van der Waals surface area contributed by atoms with Gasteiger partial charge in [0, 0.05) is 26.8 Å². The summed E-state index contributed by atoms with van der Waals surface area (Å²) in [6.07, 6.45) is 0. The molecule has 0 amide bonds. The molecule has 0 saturated heterocycles. The van der Waals surface area contributed by atoms with Crippen LogP contribution in [0.1, 0.15) is 17.3 Å². The van der Waals surface area contributed by atoms with E-state index in [4.69, 9.17) is 5.73 Å². The maximum atomic E-state index is 13.0. The molecule has 1 heterocycles. The Morgan fingerprint density at radius 2 is 1.67 bits per heavy atom. The minimum absolute atomic E-state index is 0.119. The molecule has 3 rings (SSSR count). The van der Waals surface area contributed by atoms with Gasteiger partial charge >= 0.3 is 5.69 Å². The fourth-order valence-corrected chi connectivity index (χ4v) is 3.10. The third kappa shape index (κ3) is 3.01. The van der Waals surface area contributed by atoms with Crippen LogP contribution in [0.25, 0.3) is 10.8 Å². The molecule has 0 saturated carbocycles. The molecule has 2 aromatic carbocycles. The highest BCUT2D eigenvalue weighted by molar-refractivity contribution is 6.04. The Balaban J connectivity index is 2.02. The van der Waals surface area contributed by atoms with Crippen LogP contribution in [0, 0.1) is 0 Å². The number of aromatic nitrogens is 2. The Labute approximate surface area is 156 Å². The van der Waals surface area contributed by atoms with E-state index < -0.39 is 23.1 Å². The van der Waals surface area contributed by atoms with E-state index in [0.29, 0.717) is 0 Å². The number of Topliss-reactive ketones (excluding diaryl/α,β-unsaturated/α-hetero) is 1. The lowest BCUT2D eigenvalue weighted by Gasteiger charge is -2.26. The first kappa shape index (κ1) is 18.4.